The van der Waals surface area contributed by atoms with Gasteiger partial charge in [-0.2, -0.15) is 0 Å². The molecule has 0 N–H and O–H groups in total. The van der Waals surface area contributed by atoms with Crippen LogP contribution in [-0.4, -0.2) is 18.0 Å². The van der Waals surface area contributed by atoms with Gasteiger partial charge in [0.25, 0.3) is 0 Å². The number of aryl methyl sites for hydroxylation is 1. The summed E-state index contributed by atoms with van der Waals surface area (Å²) < 4.78 is 0. The summed E-state index contributed by atoms with van der Waals surface area (Å²) in [4.78, 5) is 2.50. The molecule has 0 saturated carbocycles. The van der Waals surface area contributed by atoms with E-state index in [2.05, 4.69) is 87.2 Å². The molecule has 0 amide bonds. The standard InChI is InChI=1S/C18H23N.C9H20.C2H6/c1-3-19(14-13-17-7-5-4-6-8-17)15-18-11-9-16(2)10-12-18;1-3-5-7-9-8-6-4-2;1-2/h4-12H,3,13-15H2,1-2H3;3-9H2,1-2H3;1-2H3. The van der Waals surface area contributed by atoms with E-state index < -0.39 is 0 Å². The van der Waals surface area contributed by atoms with Gasteiger partial charge in [0, 0.05) is 13.1 Å². The fourth-order valence-electron chi connectivity index (χ4n) is 3.26. The predicted molar refractivity (Wildman–Crippen MR) is 137 cm³/mol. The second kappa shape index (κ2) is 20.7. The number of likely N-dealkylation sites (N-methyl/N-ethyl adjacent to an activating group) is 1. The molecule has 0 bridgehead atoms. The van der Waals surface area contributed by atoms with Crippen molar-refractivity contribution in [3.63, 3.8) is 0 Å². The molecule has 30 heavy (non-hydrogen) atoms. The number of rotatable bonds is 12. The molecule has 0 saturated heterocycles. The highest BCUT2D eigenvalue weighted by atomic mass is 15.1. The topological polar surface area (TPSA) is 3.24 Å². The molecule has 0 aliphatic carbocycles. The Morgan fingerprint density at radius 3 is 1.67 bits per heavy atom. The highest BCUT2D eigenvalue weighted by Gasteiger charge is 2.04. The first-order chi connectivity index (χ1) is 14.7. The van der Waals surface area contributed by atoms with Crippen molar-refractivity contribution >= 4 is 0 Å². The largest absolute Gasteiger partial charge is 0.299 e. The van der Waals surface area contributed by atoms with Crippen LogP contribution in [0, 0.1) is 6.92 Å². The van der Waals surface area contributed by atoms with Gasteiger partial charge in [-0.15, -0.1) is 0 Å². The van der Waals surface area contributed by atoms with E-state index in [1.165, 1.54) is 61.6 Å². The van der Waals surface area contributed by atoms with Gasteiger partial charge < -0.3 is 0 Å². The lowest BCUT2D eigenvalue weighted by atomic mass is 10.1. The number of hydrogen-bond donors (Lipinski definition) is 0. The monoisotopic (exact) mass is 411 g/mol. The Morgan fingerprint density at radius 2 is 1.17 bits per heavy atom. The SMILES string of the molecule is CC.CCCCCCCCC.CCN(CCc1ccccc1)Cc1ccc(C)cc1. The van der Waals surface area contributed by atoms with Crippen molar-refractivity contribution in [3.8, 4) is 0 Å². The van der Waals surface area contributed by atoms with Crippen LogP contribution in [-0.2, 0) is 13.0 Å². The zero-order valence-electron chi connectivity index (χ0n) is 20.9. The zero-order chi connectivity index (χ0) is 22.5. The fraction of sp³-hybridized carbons (Fsp3) is 0.586. The van der Waals surface area contributed by atoms with E-state index in [1.807, 2.05) is 13.8 Å². The molecular weight excluding hydrogens is 362 g/mol. The van der Waals surface area contributed by atoms with Crippen molar-refractivity contribution in [2.45, 2.75) is 99.5 Å². The third-order valence-electron chi connectivity index (χ3n) is 5.24. The number of benzene rings is 2. The summed E-state index contributed by atoms with van der Waals surface area (Å²) >= 11 is 0. The van der Waals surface area contributed by atoms with E-state index >= 15 is 0 Å². The quantitative estimate of drug-likeness (QED) is 0.315. The van der Waals surface area contributed by atoms with Crippen molar-refractivity contribution in [1.29, 1.82) is 0 Å². The van der Waals surface area contributed by atoms with Gasteiger partial charge in [0.05, 0.1) is 0 Å². The van der Waals surface area contributed by atoms with Gasteiger partial charge in [-0.3, -0.25) is 4.90 Å². The Labute approximate surface area is 188 Å². The lowest BCUT2D eigenvalue weighted by molar-refractivity contribution is 0.283. The lowest BCUT2D eigenvalue weighted by Gasteiger charge is -2.20. The van der Waals surface area contributed by atoms with Crippen LogP contribution in [0.3, 0.4) is 0 Å². The second-order valence-electron chi connectivity index (χ2n) is 7.86. The first kappa shape index (κ1) is 28.4. The molecular formula is C29H49N. The summed E-state index contributed by atoms with van der Waals surface area (Å²) in [6.45, 7) is 16.2. The fourth-order valence-corrected chi connectivity index (χ4v) is 3.26. The first-order valence-electron chi connectivity index (χ1n) is 12.5. The molecule has 0 heterocycles. The van der Waals surface area contributed by atoms with Crippen LogP contribution in [0.1, 0.15) is 96.3 Å². The van der Waals surface area contributed by atoms with E-state index in [0.29, 0.717) is 0 Å². The smallest absolute Gasteiger partial charge is 0.0233 e. The van der Waals surface area contributed by atoms with Crippen LogP contribution in [0.25, 0.3) is 0 Å². The maximum absolute atomic E-state index is 2.50. The molecule has 0 unspecified atom stereocenters. The van der Waals surface area contributed by atoms with Crippen LogP contribution >= 0.6 is 0 Å². The minimum absolute atomic E-state index is 1.05. The van der Waals surface area contributed by atoms with Gasteiger partial charge in [0.15, 0.2) is 0 Å². The summed E-state index contributed by atoms with van der Waals surface area (Å²) in [6.07, 6.45) is 11.1. The molecule has 0 radical (unpaired) electrons. The molecule has 170 valence electrons. The highest BCUT2D eigenvalue weighted by molar-refractivity contribution is 5.21. The Bertz CT molecular complexity index is 567. The van der Waals surface area contributed by atoms with Crippen molar-refractivity contribution in [2.75, 3.05) is 13.1 Å². The second-order valence-corrected chi connectivity index (χ2v) is 7.86. The van der Waals surface area contributed by atoms with Gasteiger partial charge in [0.2, 0.25) is 0 Å². The van der Waals surface area contributed by atoms with Crippen LogP contribution in [0.2, 0.25) is 0 Å². The van der Waals surface area contributed by atoms with E-state index in [9.17, 15) is 0 Å². The Kier molecular flexibility index (Phi) is 19.6. The number of nitrogens with zero attached hydrogens (tertiary/aromatic N) is 1. The van der Waals surface area contributed by atoms with Crippen molar-refractivity contribution in [2.24, 2.45) is 0 Å². The van der Waals surface area contributed by atoms with Crippen LogP contribution < -0.4 is 0 Å². The van der Waals surface area contributed by atoms with E-state index in [1.54, 1.807) is 0 Å². The molecule has 0 aliphatic rings. The Morgan fingerprint density at radius 1 is 0.633 bits per heavy atom. The van der Waals surface area contributed by atoms with Crippen LogP contribution in [0.15, 0.2) is 54.6 Å². The maximum atomic E-state index is 2.50. The third kappa shape index (κ3) is 15.3. The molecule has 0 aliphatic heterocycles. The molecule has 0 spiro atoms. The van der Waals surface area contributed by atoms with Gasteiger partial charge >= 0.3 is 0 Å². The van der Waals surface area contributed by atoms with Crippen molar-refractivity contribution in [1.82, 2.24) is 4.90 Å². The molecule has 0 fully saturated rings. The minimum Gasteiger partial charge on any atom is -0.299 e. The zero-order valence-corrected chi connectivity index (χ0v) is 20.9. The molecule has 2 aromatic rings. The van der Waals surface area contributed by atoms with Gasteiger partial charge in [-0.1, -0.05) is 140 Å². The van der Waals surface area contributed by atoms with Gasteiger partial charge in [0.1, 0.15) is 0 Å². The Hall–Kier alpha value is -1.60. The van der Waals surface area contributed by atoms with E-state index in [0.717, 1.165) is 26.1 Å². The Balaban J connectivity index is 0.000000648. The highest BCUT2D eigenvalue weighted by Crippen LogP contribution is 2.09. The summed E-state index contributed by atoms with van der Waals surface area (Å²) in [5.41, 5.74) is 4.15. The van der Waals surface area contributed by atoms with Crippen LogP contribution in [0.5, 0.6) is 0 Å². The molecule has 1 nitrogen and oxygen atoms in total. The molecule has 0 atom stereocenters. The van der Waals surface area contributed by atoms with E-state index in [-0.39, 0.29) is 0 Å². The molecule has 1 heteroatoms. The van der Waals surface area contributed by atoms with Crippen molar-refractivity contribution in [3.05, 3.63) is 71.3 Å². The molecule has 0 aromatic heterocycles. The predicted octanol–water partition coefficient (Wildman–Crippen LogP) is 8.84. The molecule has 2 rings (SSSR count). The van der Waals surface area contributed by atoms with Crippen LogP contribution in [0.4, 0.5) is 0 Å². The average molecular weight is 412 g/mol. The number of unbranched alkanes of at least 4 members (excludes halogenated alkanes) is 6. The van der Waals surface area contributed by atoms with Crippen molar-refractivity contribution < 1.29 is 0 Å². The number of hydrogen-bond acceptors (Lipinski definition) is 1. The minimum atomic E-state index is 1.05. The summed E-state index contributed by atoms with van der Waals surface area (Å²) in [5, 5.41) is 0. The maximum Gasteiger partial charge on any atom is 0.0233 e. The summed E-state index contributed by atoms with van der Waals surface area (Å²) in [5.74, 6) is 0. The summed E-state index contributed by atoms with van der Waals surface area (Å²) in [7, 11) is 0. The third-order valence-corrected chi connectivity index (χ3v) is 5.24. The average Bonchev–Trinajstić information content (AvgIpc) is 2.80. The van der Waals surface area contributed by atoms with Gasteiger partial charge in [-0.05, 0) is 31.0 Å². The molecule has 2 aromatic carbocycles. The van der Waals surface area contributed by atoms with E-state index in [4.69, 9.17) is 0 Å². The lowest BCUT2D eigenvalue weighted by Crippen LogP contribution is -2.25. The van der Waals surface area contributed by atoms with Gasteiger partial charge in [-0.25, -0.2) is 0 Å². The first-order valence-corrected chi connectivity index (χ1v) is 12.5. The summed E-state index contributed by atoms with van der Waals surface area (Å²) in [6, 6.07) is 19.6. The normalized spacial score (nSPS) is 10.1.